The van der Waals surface area contributed by atoms with Crippen LogP contribution in [0.2, 0.25) is 5.02 Å². The molecule has 1 saturated heterocycles. The van der Waals surface area contributed by atoms with Gasteiger partial charge in [0, 0.05) is 41.1 Å². The maximum Gasteiger partial charge on any atom is 0.227 e. The van der Waals surface area contributed by atoms with Crippen LogP contribution in [0, 0.1) is 19.8 Å². The van der Waals surface area contributed by atoms with E-state index in [4.69, 9.17) is 16.3 Å². The van der Waals surface area contributed by atoms with Gasteiger partial charge in [-0.15, -0.1) is 0 Å². The zero-order valence-electron chi connectivity index (χ0n) is 18.3. The number of carbonyl (C=O) groups is 1. The number of carbonyl (C=O) groups excluding carboxylic acids is 1. The van der Waals surface area contributed by atoms with Crippen LogP contribution in [0.3, 0.4) is 0 Å². The van der Waals surface area contributed by atoms with Crippen LogP contribution in [0.4, 0.5) is 11.6 Å². The lowest BCUT2D eigenvalue weighted by Gasteiger charge is -2.31. The highest BCUT2D eigenvalue weighted by Crippen LogP contribution is 2.24. The Morgan fingerprint density at radius 1 is 1.03 bits per heavy atom. The fourth-order valence-corrected chi connectivity index (χ4v) is 3.94. The SMILES string of the molecule is Cc1cc(C)nc(N2CCC(C(=O)Nc3ccc(OCc4ccc(Cl)cc4)cc3)CC2)n1. The fourth-order valence-electron chi connectivity index (χ4n) is 3.82. The molecule has 0 saturated carbocycles. The molecule has 0 atom stereocenters. The summed E-state index contributed by atoms with van der Waals surface area (Å²) in [4.78, 5) is 24.0. The number of piperidine rings is 1. The van der Waals surface area contributed by atoms with E-state index >= 15 is 0 Å². The Bertz CT molecular complexity index is 1040. The van der Waals surface area contributed by atoms with Gasteiger partial charge in [-0.2, -0.15) is 0 Å². The summed E-state index contributed by atoms with van der Waals surface area (Å²) in [6.45, 7) is 5.97. The molecule has 0 bridgehead atoms. The Balaban J connectivity index is 1.26. The van der Waals surface area contributed by atoms with Crippen molar-refractivity contribution in [1.82, 2.24) is 9.97 Å². The molecule has 1 amide bonds. The first-order valence-corrected chi connectivity index (χ1v) is 11.2. The number of benzene rings is 2. The molecule has 0 aliphatic carbocycles. The Labute approximate surface area is 193 Å². The average molecular weight is 451 g/mol. The van der Waals surface area contributed by atoms with Gasteiger partial charge in [0.25, 0.3) is 0 Å². The molecule has 4 rings (SSSR count). The second-order valence-electron chi connectivity index (χ2n) is 8.14. The van der Waals surface area contributed by atoms with Crippen LogP contribution in [-0.2, 0) is 11.4 Å². The lowest BCUT2D eigenvalue weighted by molar-refractivity contribution is -0.120. The molecule has 3 aromatic rings. The number of hydrogen-bond acceptors (Lipinski definition) is 5. The minimum atomic E-state index is -0.0158. The van der Waals surface area contributed by atoms with Gasteiger partial charge < -0.3 is 15.0 Å². The quantitative estimate of drug-likeness (QED) is 0.560. The number of nitrogens with zero attached hydrogens (tertiary/aromatic N) is 3. The molecular formula is C25H27ClN4O2. The molecule has 0 radical (unpaired) electrons. The van der Waals surface area contributed by atoms with Crippen molar-refractivity contribution in [1.29, 1.82) is 0 Å². The van der Waals surface area contributed by atoms with E-state index in [-0.39, 0.29) is 11.8 Å². The van der Waals surface area contributed by atoms with Crippen molar-refractivity contribution in [2.24, 2.45) is 5.92 Å². The standard InChI is InChI=1S/C25H27ClN4O2/c1-17-15-18(2)28-25(27-17)30-13-11-20(12-14-30)24(31)29-22-7-9-23(10-8-22)32-16-19-3-5-21(26)6-4-19/h3-10,15,20H,11-14,16H2,1-2H3,(H,29,31). The molecule has 0 spiro atoms. The maximum atomic E-state index is 12.7. The van der Waals surface area contributed by atoms with E-state index in [1.165, 1.54) is 0 Å². The van der Waals surface area contributed by atoms with Crippen molar-refractivity contribution >= 4 is 29.1 Å². The van der Waals surface area contributed by atoms with Crippen molar-refractivity contribution < 1.29 is 9.53 Å². The molecule has 7 heteroatoms. The summed E-state index contributed by atoms with van der Waals surface area (Å²) in [6.07, 6.45) is 1.56. The predicted octanol–water partition coefficient (Wildman–Crippen LogP) is 5.18. The predicted molar refractivity (Wildman–Crippen MR) is 127 cm³/mol. The van der Waals surface area contributed by atoms with Gasteiger partial charge in [-0.1, -0.05) is 23.7 Å². The highest BCUT2D eigenvalue weighted by molar-refractivity contribution is 6.30. The van der Waals surface area contributed by atoms with Crippen molar-refractivity contribution in [2.45, 2.75) is 33.3 Å². The van der Waals surface area contributed by atoms with Crippen LogP contribution in [0.25, 0.3) is 0 Å². The van der Waals surface area contributed by atoms with Crippen LogP contribution in [0.5, 0.6) is 5.75 Å². The first kappa shape index (κ1) is 22.1. The smallest absolute Gasteiger partial charge is 0.227 e. The molecule has 166 valence electrons. The summed E-state index contributed by atoms with van der Waals surface area (Å²) in [5, 5.41) is 3.74. The molecule has 0 unspecified atom stereocenters. The summed E-state index contributed by atoms with van der Waals surface area (Å²) in [5.41, 5.74) is 3.75. The largest absolute Gasteiger partial charge is 0.489 e. The van der Waals surface area contributed by atoms with E-state index in [0.29, 0.717) is 11.6 Å². The van der Waals surface area contributed by atoms with Crippen LogP contribution < -0.4 is 15.0 Å². The van der Waals surface area contributed by atoms with E-state index in [1.54, 1.807) is 0 Å². The second kappa shape index (κ2) is 10.0. The lowest BCUT2D eigenvalue weighted by Crippen LogP contribution is -2.39. The lowest BCUT2D eigenvalue weighted by atomic mass is 9.96. The minimum Gasteiger partial charge on any atom is -0.489 e. The van der Waals surface area contributed by atoms with E-state index in [0.717, 1.165) is 60.3 Å². The van der Waals surface area contributed by atoms with Crippen LogP contribution in [0.1, 0.15) is 29.8 Å². The number of aromatic nitrogens is 2. The number of ether oxygens (including phenoxy) is 1. The van der Waals surface area contributed by atoms with Gasteiger partial charge in [0.1, 0.15) is 12.4 Å². The van der Waals surface area contributed by atoms with Crippen LogP contribution in [-0.4, -0.2) is 29.0 Å². The fraction of sp³-hybridized carbons (Fsp3) is 0.320. The summed E-state index contributed by atoms with van der Waals surface area (Å²) in [5.74, 6) is 1.55. The summed E-state index contributed by atoms with van der Waals surface area (Å²) < 4.78 is 5.81. The number of rotatable bonds is 6. The molecule has 1 fully saturated rings. The molecule has 1 aromatic heterocycles. The van der Waals surface area contributed by atoms with E-state index in [2.05, 4.69) is 20.2 Å². The third kappa shape index (κ3) is 5.77. The first-order valence-electron chi connectivity index (χ1n) is 10.8. The Kier molecular flexibility index (Phi) is 6.90. The normalized spacial score (nSPS) is 14.3. The van der Waals surface area contributed by atoms with Gasteiger partial charge in [0.2, 0.25) is 11.9 Å². The second-order valence-corrected chi connectivity index (χ2v) is 8.58. The molecular weight excluding hydrogens is 424 g/mol. The maximum absolute atomic E-state index is 12.7. The van der Waals surface area contributed by atoms with Crippen LogP contribution in [0.15, 0.2) is 54.6 Å². The first-order chi connectivity index (χ1) is 15.5. The van der Waals surface area contributed by atoms with Gasteiger partial charge in [0.15, 0.2) is 0 Å². The van der Waals surface area contributed by atoms with E-state index < -0.39 is 0 Å². The third-order valence-electron chi connectivity index (χ3n) is 5.56. The van der Waals surface area contributed by atoms with Crippen molar-refractivity contribution in [3.63, 3.8) is 0 Å². The zero-order valence-corrected chi connectivity index (χ0v) is 19.1. The zero-order chi connectivity index (χ0) is 22.5. The molecule has 6 nitrogen and oxygen atoms in total. The van der Waals surface area contributed by atoms with Crippen molar-refractivity contribution in [3.8, 4) is 5.75 Å². The number of amides is 1. The molecule has 1 aliphatic rings. The van der Waals surface area contributed by atoms with Crippen LogP contribution >= 0.6 is 11.6 Å². The Hall–Kier alpha value is -3.12. The van der Waals surface area contributed by atoms with Crippen molar-refractivity contribution in [2.75, 3.05) is 23.3 Å². The summed E-state index contributed by atoms with van der Waals surface area (Å²) in [7, 11) is 0. The Morgan fingerprint density at radius 2 is 1.66 bits per heavy atom. The number of hydrogen-bond donors (Lipinski definition) is 1. The van der Waals surface area contributed by atoms with E-state index in [1.807, 2.05) is 68.4 Å². The molecule has 1 aliphatic heterocycles. The monoisotopic (exact) mass is 450 g/mol. The van der Waals surface area contributed by atoms with Gasteiger partial charge in [-0.3, -0.25) is 4.79 Å². The van der Waals surface area contributed by atoms with Crippen molar-refractivity contribution in [3.05, 3.63) is 76.6 Å². The number of halogens is 1. The highest BCUT2D eigenvalue weighted by atomic mass is 35.5. The average Bonchev–Trinajstić information content (AvgIpc) is 2.79. The van der Waals surface area contributed by atoms with Gasteiger partial charge in [-0.25, -0.2) is 9.97 Å². The summed E-state index contributed by atoms with van der Waals surface area (Å²) in [6, 6.07) is 17.0. The molecule has 2 aromatic carbocycles. The molecule has 1 N–H and O–H groups in total. The van der Waals surface area contributed by atoms with E-state index in [9.17, 15) is 4.79 Å². The molecule has 2 heterocycles. The topological polar surface area (TPSA) is 67.4 Å². The summed E-state index contributed by atoms with van der Waals surface area (Å²) >= 11 is 5.91. The minimum absolute atomic E-state index is 0.0158. The van der Waals surface area contributed by atoms with Gasteiger partial charge >= 0.3 is 0 Å². The van der Waals surface area contributed by atoms with Gasteiger partial charge in [-0.05, 0) is 74.7 Å². The number of aryl methyl sites for hydroxylation is 2. The Morgan fingerprint density at radius 3 is 2.28 bits per heavy atom. The third-order valence-corrected chi connectivity index (χ3v) is 5.81. The highest BCUT2D eigenvalue weighted by Gasteiger charge is 2.26. The number of anilines is 2. The number of nitrogens with one attached hydrogen (secondary N) is 1. The van der Waals surface area contributed by atoms with Gasteiger partial charge in [0.05, 0.1) is 0 Å². The molecule has 32 heavy (non-hydrogen) atoms.